The molecule has 1 aliphatic heterocycles. The Kier molecular flexibility index (Phi) is 2.58. The lowest BCUT2D eigenvalue weighted by Gasteiger charge is -2.28. The van der Waals surface area contributed by atoms with E-state index in [-0.39, 0.29) is 0 Å². The van der Waals surface area contributed by atoms with Crippen LogP contribution in [0.3, 0.4) is 0 Å². The van der Waals surface area contributed by atoms with Crippen LogP contribution in [0.1, 0.15) is 5.56 Å². The second-order valence-electron chi connectivity index (χ2n) is 6.70. The van der Waals surface area contributed by atoms with Gasteiger partial charge in [-0.05, 0) is 31.2 Å². The molecule has 0 radical (unpaired) electrons. The Hall–Kier alpha value is -2.87. The van der Waals surface area contributed by atoms with Crippen LogP contribution in [0.15, 0.2) is 60.7 Å². The molecular weight excluding hydrogens is 292 g/mol. The van der Waals surface area contributed by atoms with Gasteiger partial charge in [0.2, 0.25) is 11.2 Å². The van der Waals surface area contributed by atoms with Gasteiger partial charge in [0, 0.05) is 18.5 Å². The molecule has 2 heterocycles. The van der Waals surface area contributed by atoms with Gasteiger partial charge in [0.05, 0.1) is 27.7 Å². The van der Waals surface area contributed by atoms with Gasteiger partial charge < -0.3 is 4.90 Å². The van der Waals surface area contributed by atoms with E-state index >= 15 is 0 Å². The van der Waals surface area contributed by atoms with Crippen LogP contribution in [0.25, 0.3) is 32.9 Å². The average Bonchev–Trinajstić information content (AvgIpc) is 2.61. The van der Waals surface area contributed by atoms with E-state index in [1.54, 1.807) is 0 Å². The predicted octanol–water partition coefficient (Wildman–Crippen LogP) is 4.87. The third-order valence-corrected chi connectivity index (χ3v) is 5.30. The maximum atomic E-state index is 2.35. The molecule has 2 nitrogen and oxygen atoms in total. The summed E-state index contributed by atoms with van der Waals surface area (Å²) in [5.41, 5.74) is 7.73. The third kappa shape index (κ3) is 1.58. The summed E-state index contributed by atoms with van der Waals surface area (Å²) in [7, 11) is 4.35. The standard InChI is InChI=1S/C22H19N2/c1-14-11-12-19-17(13-14)15-8-6-10-20-21(15)22(24(19)3)16-7-4-5-9-18(16)23(20)2/h4-13H,1-3H3/q+1. The molecule has 1 aliphatic rings. The molecule has 24 heavy (non-hydrogen) atoms. The van der Waals surface area contributed by atoms with E-state index in [2.05, 4.69) is 91.1 Å². The molecule has 0 fully saturated rings. The molecule has 0 aliphatic carbocycles. The molecular formula is C22H19N2+. The number of rotatable bonds is 0. The lowest BCUT2D eigenvalue weighted by atomic mass is 9.93. The predicted molar refractivity (Wildman–Crippen MR) is 101 cm³/mol. The van der Waals surface area contributed by atoms with E-state index in [4.69, 9.17) is 0 Å². The highest BCUT2D eigenvalue weighted by Gasteiger charge is 2.30. The summed E-state index contributed by atoms with van der Waals surface area (Å²) >= 11 is 0. The first-order chi connectivity index (χ1) is 11.7. The Morgan fingerprint density at radius 2 is 1.62 bits per heavy atom. The molecule has 0 saturated heterocycles. The van der Waals surface area contributed by atoms with Crippen molar-refractivity contribution in [3.63, 3.8) is 0 Å². The molecule has 0 spiro atoms. The van der Waals surface area contributed by atoms with E-state index < -0.39 is 0 Å². The molecule has 116 valence electrons. The maximum Gasteiger partial charge on any atom is 0.224 e. The van der Waals surface area contributed by atoms with Crippen LogP contribution in [0.5, 0.6) is 0 Å². The second kappa shape index (κ2) is 4.57. The van der Waals surface area contributed by atoms with Crippen LogP contribution < -0.4 is 9.47 Å². The Morgan fingerprint density at radius 1 is 0.833 bits per heavy atom. The largest absolute Gasteiger partial charge is 0.343 e. The van der Waals surface area contributed by atoms with Gasteiger partial charge in [0.25, 0.3) is 0 Å². The quantitative estimate of drug-likeness (QED) is 0.332. The zero-order valence-electron chi connectivity index (χ0n) is 14.2. The van der Waals surface area contributed by atoms with Crippen LogP contribution in [-0.4, -0.2) is 7.05 Å². The summed E-state index contributed by atoms with van der Waals surface area (Å²) in [5, 5.41) is 4.01. The first-order valence-electron chi connectivity index (χ1n) is 8.35. The van der Waals surface area contributed by atoms with E-state index in [1.165, 1.54) is 49.9 Å². The van der Waals surface area contributed by atoms with Crippen LogP contribution in [0.4, 0.5) is 11.4 Å². The van der Waals surface area contributed by atoms with Crippen molar-refractivity contribution in [3.05, 3.63) is 66.2 Å². The molecule has 2 heteroatoms. The number of para-hydroxylation sites is 1. The highest BCUT2D eigenvalue weighted by Crippen LogP contribution is 2.46. The van der Waals surface area contributed by atoms with E-state index in [1.807, 2.05) is 0 Å². The van der Waals surface area contributed by atoms with Crippen LogP contribution in [-0.2, 0) is 7.05 Å². The summed E-state index contributed by atoms with van der Waals surface area (Å²) in [6, 6.07) is 22.1. The molecule has 0 saturated carbocycles. The Balaban J connectivity index is 2.11. The summed E-state index contributed by atoms with van der Waals surface area (Å²) < 4.78 is 2.35. The third-order valence-electron chi connectivity index (χ3n) is 5.30. The Morgan fingerprint density at radius 3 is 2.50 bits per heavy atom. The number of nitrogens with zero attached hydrogens (tertiary/aromatic N) is 2. The SMILES string of the molecule is Cc1ccc2c(c1)c1cccc3c1c([n+]2C)-c1ccccc1N3C. The minimum Gasteiger partial charge on any atom is -0.343 e. The number of hydrogen-bond donors (Lipinski definition) is 0. The minimum atomic E-state index is 1.26. The second-order valence-corrected chi connectivity index (χ2v) is 6.70. The van der Waals surface area contributed by atoms with Gasteiger partial charge in [-0.3, -0.25) is 0 Å². The van der Waals surface area contributed by atoms with Crippen molar-refractivity contribution in [1.29, 1.82) is 0 Å². The van der Waals surface area contributed by atoms with Crippen molar-refractivity contribution in [2.45, 2.75) is 6.92 Å². The zero-order chi connectivity index (χ0) is 16.4. The molecule has 0 N–H and O–H groups in total. The van der Waals surface area contributed by atoms with Gasteiger partial charge in [-0.15, -0.1) is 0 Å². The van der Waals surface area contributed by atoms with Crippen molar-refractivity contribution in [2.24, 2.45) is 7.05 Å². The molecule has 0 amide bonds. The van der Waals surface area contributed by atoms with Gasteiger partial charge in [-0.25, -0.2) is 0 Å². The number of fused-ring (bicyclic) bond motifs is 4. The first-order valence-corrected chi connectivity index (χ1v) is 8.35. The van der Waals surface area contributed by atoms with E-state index in [0.29, 0.717) is 0 Å². The lowest BCUT2D eigenvalue weighted by molar-refractivity contribution is -0.632. The van der Waals surface area contributed by atoms with Gasteiger partial charge in [0.1, 0.15) is 7.05 Å². The fraction of sp³-hybridized carbons (Fsp3) is 0.136. The van der Waals surface area contributed by atoms with Gasteiger partial charge in [-0.1, -0.05) is 35.9 Å². The number of anilines is 2. The number of aryl methyl sites for hydroxylation is 2. The molecule has 5 rings (SSSR count). The van der Waals surface area contributed by atoms with Crippen molar-refractivity contribution >= 4 is 33.1 Å². The van der Waals surface area contributed by atoms with Crippen molar-refractivity contribution in [1.82, 2.24) is 0 Å². The summed E-state index contributed by atoms with van der Waals surface area (Å²) in [6.07, 6.45) is 0. The Bertz CT molecular complexity index is 1140. The molecule has 0 bridgehead atoms. The lowest BCUT2D eigenvalue weighted by Crippen LogP contribution is -2.34. The molecule has 0 atom stereocenters. The topological polar surface area (TPSA) is 7.12 Å². The molecule has 1 aromatic heterocycles. The molecule has 0 unspecified atom stereocenters. The number of aromatic nitrogens is 1. The van der Waals surface area contributed by atoms with Crippen molar-refractivity contribution < 1.29 is 4.57 Å². The van der Waals surface area contributed by atoms with E-state index in [0.717, 1.165) is 0 Å². The highest BCUT2D eigenvalue weighted by atomic mass is 15.1. The van der Waals surface area contributed by atoms with Gasteiger partial charge in [0.15, 0.2) is 0 Å². The first kappa shape index (κ1) is 13.6. The van der Waals surface area contributed by atoms with Crippen LogP contribution in [0.2, 0.25) is 0 Å². The molecule has 4 aromatic rings. The van der Waals surface area contributed by atoms with Gasteiger partial charge >= 0.3 is 0 Å². The number of hydrogen-bond acceptors (Lipinski definition) is 1. The fourth-order valence-electron chi connectivity index (χ4n) is 4.15. The summed E-state index contributed by atoms with van der Waals surface area (Å²) in [5.74, 6) is 0. The minimum absolute atomic E-state index is 1.26. The number of benzene rings is 3. The summed E-state index contributed by atoms with van der Waals surface area (Å²) in [6.45, 7) is 2.16. The monoisotopic (exact) mass is 311 g/mol. The van der Waals surface area contributed by atoms with Gasteiger partial charge in [-0.2, -0.15) is 4.57 Å². The summed E-state index contributed by atoms with van der Waals surface area (Å²) in [4.78, 5) is 2.31. The smallest absolute Gasteiger partial charge is 0.224 e. The van der Waals surface area contributed by atoms with Crippen molar-refractivity contribution in [3.8, 4) is 11.3 Å². The Labute approximate surface area is 141 Å². The number of pyridine rings is 1. The highest BCUT2D eigenvalue weighted by molar-refractivity contribution is 6.17. The average molecular weight is 311 g/mol. The van der Waals surface area contributed by atoms with Crippen LogP contribution >= 0.6 is 0 Å². The normalized spacial score (nSPS) is 12.7. The fourth-order valence-corrected chi connectivity index (χ4v) is 4.15. The zero-order valence-corrected chi connectivity index (χ0v) is 14.2. The van der Waals surface area contributed by atoms with E-state index in [9.17, 15) is 0 Å². The maximum absolute atomic E-state index is 2.35. The van der Waals surface area contributed by atoms with Crippen LogP contribution in [0, 0.1) is 6.92 Å². The van der Waals surface area contributed by atoms with Crippen molar-refractivity contribution in [2.75, 3.05) is 11.9 Å². The molecule has 3 aromatic carbocycles.